The monoisotopic (exact) mass is 472 g/mol. The fourth-order valence-corrected chi connectivity index (χ4v) is 3.73. The van der Waals surface area contributed by atoms with Crippen molar-refractivity contribution in [3.05, 3.63) is 41.0 Å². The van der Waals surface area contributed by atoms with Crippen LogP contribution in [0.5, 0.6) is 11.5 Å². The van der Waals surface area contributed by atoms with Gasteiger partial charge in [-0.3, -0.25) is 9.69 Å². The number of benzene rings is 1. The molecule has 0 unspecified atom stereocenters. The Kier molecular flexibility index (Phi) is 7.68. The number of aromatic nitrogens is 1. The van der Waals surface area contributed by atoms with Gasteiger partial charge in [-0.25, -0.2) is 4.98 Å². The number of rotatable bonds is 6. The summed E-state index contributed by atoms with van der Waals surface area (Å²) in [5, 5.41) is 2.79. The molecule has 1 amide bonds. The summed E-state index contributed by atoms with van der Waals surface area (Å²) in [5.41, 5.74) is -0.322. The molecule has 11 heteroatoms. The minimum absolute atomic E-state index is 0.0435. The van der Waals surface area contributed by atoms with Gasteiger partial charge in [-0.15, -0.1) is 0 Å². The van der Waals surface area contributed by atoms with Gasteiger partial charge in [0.1, 0.15) is 17.3 Å². The molecule has 1 fully saturated rings. The van der Waals surface area contributed by atoms with Crippen LogP contribution in [0.25, 0.3) is 0 Å². The van der Waals surface area contributed by atoms with Crippen LogP contribution in [0.4, 0.5) is 24.7 Å². The summed E-state index contributed by atoms with van der Waals surface area (Å²) in [7, 11) is 3.06. The van der Waals surface area contributed by atoms with Crippen LogP contribution in [0, 0.1) is 0 Å². The molecular formula is C21H24ClF3N4O3. The number of nitrogens with zero attached hydrogens (tertiary/aromatic N) is 3. The van der Waals surface area contributed by atoms with E-state index in [1.165, 1.54) is 14.2 Å². The maximum Gasteiger partial charge on any atom is 0.417 e. The van der Waals surface area contributed by atoms with E-state index in [1.807, 2.05) is 9.80 Å². The molecule has 0 spiro atoms. The van der Waals surface area contributed by atoms with Crippen molar-refractivity contribution in [2.75, 3.05) is 57.2 Å². The van der Waals surface area contributed by atoms with Gasteiger partial charge < -0.3 is 19.7 Å². The van der Waals surface area contributed by atoms with Crippen LogP contribution in [0.2, 0.25) is 5.02 Å². The van der Waals surface area contributed by atoms with E-state index < -0.39 is 11.7 Å². The second-order valence-corrected chi connectivity index (χ2v) is 7.70. The van der Waals surface area contributed by atoms with E-state index in [0.29, 0.717) is 55.6 Å². The molecule has 1 aliphatic heterocycles. The highest BCUT2D eigenvalue weighted by Crippen LogP contribution is 2.33. The number of carbonyl (C=O) groups excluding carboxylic acids is 1. The highest BCUT2D eigenvalue weighted by atomic mass is 35.5. The molecule has 1 aliphatic rings. The van der Waals surface area contributed by atoms with E-state index in [2.05, 4.69) is 10.3 Å². The largest absolute Gasteiger partial charge is 0.497 e. The zero-order chi connectivity index (χ0) is 23.3. The van der Waals surface area contributed by atoms with Gasteiger partial charge in [0, 0.05) is 56.3 Å². The van der Waals surface area contributed by atoms with Crippen LogP contribution in [0.15, 0.2) is 30.5 Å². The maximum absolute atomic E-state index is 12.8. The number of amides is 1. The lowest BCUT2D eigenvalue weighted by Gasteiger charge is -2.23. The molecule has 0 aliphatic carbocycles. The van der Waals surface area contributed by atoms with Gasteiger partial charge in [-0.1, -0.05) is 11.6 Å². The van der Waals surface area contributed by atoms with Gasteiger partial charge in [-0.2, -0.15) is 13.2 Å². The summed E-state index contributed by atoms with van der Waals surface area (Å²) in [6.45, 7) is 2.42. The first kappa shape index (κ1) is 23.9. The van der Waals surface area contributed by atoms with E-state index in [9.17, 15) is 18.0 Å². The predicted octanol–water partition coefficient (Wildman–Crippen LogP) is 3.92. The summed E-state index contributed by atoms with van der Waals surface area (Å²) in [6, 6.07) is 5.99. The molecule has 0 radical (unpaired) electrons. The molecular weight excluding hydrogens is 449 g/mol. The lowest BCUT2D eigenvalue weighted by molar-refractivity contribution is -0.137. The van der Waals surface area contributed by atoms with E-state index in [1.54, 1.807) is 18.2 Å². The van der Waals surface area contributed by atoms with Gasteiger partial charge in [0.25, 0.3) is 0 Å². The smallest absolute Gasteiger partial charge is 0.417 e. The number of carbonyl (C=O) groups is 1. The Morgan fingerprint density at radius 1 is 1.09 bits per heavy atom. The van der Waals surface area contributed by atoms with Crippen molar-refractivity contribution in [3.8, 4) is 11.5 Å². The first-order chi connectivity index (χ1) is 15.2. The third kappa shape index (κ3) is 6.17. The molecule has 0 atom stereocenters. The standard InChI is InChI=1S/C21H24ClF3N4O3/c1-31-16-9-15(10-17(11-16)32-2)27-19(30)13-28-4-3-5-29(7-6-28)20-18(22)8-14(12-26-20)21(23,24)25/h8-12H,3-7,13H2,1-2H3,(H,27,30). The number of ether oxygens (including phenoxy) is 2. The molecule has 7 nitrogen and oxygen atoms in total. The van der Waals surface area contributed by atoms with Gasteiger partial charge in [0.05, 0.1) is 31.4 Å². The number of pyridine rings is 1. The molecule has 1 aromatic heterocycles. The number of hydrogen-bond acceptors (Lipinski definition) is 6. The topological polar surface area (TPSA) is 66.9 Å². The van der Waals surface area contributed by atoms with Gasteiger partial charge >= 0.3 is 6.18 Å². The average molecular weight is 473 g/mol. The van der Waals surface area contributed by atoms with Gasteiger partial charge in [-0.05, 0) is 12.5 Å². The second kappa shape index (κ2) is 10.3. The molecule has 174 valence electrons. The molecule has 1 aromatic carbocycles. The zero-order valence-electron chi connectivity index (χ0n) is 17.7. The average Bonchev–Trinajstić information content (AvgIpc) is 2.98. The molecule has 3 rings (SSSR count). The summed E-state index contributed by atoms with van der Waals surface area (Å²) in [4.78, 5) is 20.3. The summed E-state index contributed by atoms with van der Waals surface area (Å²) in [5.74, 6) is 1.24. The van der Waals surface area contributed by atoms with Crippen LogP contribution in [-0.2, 0) is 11.0 Å². The first-order valence-electron chi connectivity index (χ1n) is 9.92. The Morgan fingerprint density at radius 2 is 1.78 bits per heavy atom. The van der Waals surface area contributed by atoms with Crippen LogP contribution in [0.3, 0.4) is 0 Å². The first-order valence-corrected chi connectivity index (χ1v) is 10.3. The highest BCUT2D eigenvalue weighted by Gasteiger charge is 2.32. The lowest BCUT2D eigenvalue weighted by atomic mass is 10.2. The van der Waals surface area contributed by atoms with Crippen molar-refractivity contribution in [2.45, 2.75) is 12.6 Å². The minimum atomic E-state index is -4.50. The maximum atomic E-state index is 12.8. The fraction of sp³-hybridized carbons (Fsp3) is 0.429. The second-order valence-electron chi connectivity index (χ2n) is 7.29. The Bertz CT molecular complexity index is 936. The quantitative estimate of drug-likeness (QED) is 0.687. The minimum Gasteiger partial charge on any atom is -0.497 e. The van der Waals surface area contributed by atoms with Crippen LogP contribution in [-0.4, -0.2) is 62.7 Å². The van der Waals surface area contributed by atoms with Crippen molar-refractivity contribution < 1.29 is 27.4 Å². The number of alkyl halides is 3. The SMILES string of the molecule is COc1cc(NC(=O)CN2CCCN(c3ncc(C(F)(F)F)cc3Cl)CC2)cc(OC)c1. The Balaban J connectivity index is 1.59. The van der Waals surface area contributed by atoms with Crippen molar-refractivity contribution in [1.82, 2.24) is 9.88 Å². The number of nitrogens with one attached hydrogen (secondary N) is 1. The molecule has 2 aromatic rings. The van der Waals surface area contributed by atoms with Crippen molar-refractivity contribution in [2.24, 2.45) is 0 Å². The van der Waals surface area contributed by atoms with Crippen LogP contribution < -0.4 is 19.7 Å². The molecule has 1 saturated heterocycles. The Labute approximate surface area is 189 Å². The molecule has 0 bridgehead atoms. The predicted molar refractivity (Wildman–Crippen MR) is 116 cm³/mol. The Morgan fingerprint density at radius 3 is 2.38 bits per heavy atom. The molecule has 1 N–H and O–H groups in total. The molecule has 0 saturated carbocycles. The van der Waals surface area contributed by atoms with E-state index in [0.717, 1.165) is 12.3 Å². The lowest BCUT2D eigenvalue weighted by Crippen LogP contribution is -2.36. The summed E-state index contributed by atoms with van der Waals surface area (Å²) >= 11 is 6.08. The third-order valence-corrected chi connectivity index (χ3v) is 5.32. The van der Waals surface area contributed by atoms with Crippen molar-refractivity contribution in [1.29, 1.82) is 0 Å². The molecule has 2 heterocycles. The normalized spacial score (nSPS) is 15.2. The highest BCUT2D eigenvalue weighted by molar-refractivity contribution is 6.33. The Hall–Kier alpha value is -2.72. The molecule has 32 heavy (non-hydrogen) atoms. The van der Waals surface area contributed by atoms with Crippen LogP contribution >= 0.6 is 11.6 Å². The fourth-order valence-electron chi connectivity index (χ4n) is 3.44. The zero-order valence-corrected chi connectivity index (χ0v) is 18.5. The van der Waals surface area contributed by atoms with Crippen molar-refractivity contribution in [3.63, 3.8) is 0 Å². The van der Waals surface area contributed by atoms with Crippen LogP contribution in [0.1, 0.15) is 12.0 Å². The summed E-state index contributed by atoms with van der Waals surface area (Å²) in [6.07, 6.45) is -3.00. The van der Waals surface area contributed by atoms with Gasteiger partial charge in [0.15, 0.2) is 0 Å². The third-order valence-electron chi connectivity index (χ3n) is 5.04. The van der Waals surface area contributed by atoms with Gasteiger partial charge in [0.2, 0.25) is 5.91 Å². The van der Waals surface area contributed by atoms with E-state index in [4.69, 9.17) is 21.1 Å². The number of hydrogen-bond donors (Lipinski definition) is 1. The summed E-state index contributed by atoms with van der Waals surface area (Å²) < 4.78 is 49.0. The number of anilines is 2. The van der Waals surface area contributed by atoms with Crippen molar-refractivity contribution >= 4 is 29.0 Å². The van der Waals surface area contributed by atoms with E-state index in [-0.39, 0.29) is 17.5 Å². The number of halogens is 4. The van der Waals surface area contributed by atoms with E-state index >= 15 is 0 Å². The number of methoxy groups -OCH3 is 2.